The Hall–Kier alpha value is -2.30. The van der Waals surface area contributed by atoms with Crippen molar-refractivity contribution < 1.29 is 9.53 Å². The molecule has 15 heavy (non-hydrogen) atoms. The maximum atomic E-state index is 10.5. The highest BCUT2D eigenvalue weighted by molar-refractivity contribution is 5.90. The third kappa shape index (κ3) is 1.80. The van der Waals surface area contributed by atoms with Crippen LogP contribution in [0.25, 0.3) is 10.9 Å². The fraction of sp³-hybridized carbons (Fsp3) is 0. The van der Waals surface area contributed by atoms with Crippen molar-refractivity contribution in [1.29, 1.82) is 0 Å². The second-order valence-corrected chi connectivity index (χ2v) is 2.98. The van der Waals surface area contributed by atoms with Crippen LogP contribution in [0, 0.1) is 0 Å². The van der Waals surface area contributed by atoms with Crippen LogP contribution in [0.1, 0.15) is 0 Å². The summed E-state index contributed by atoms with van der Waals surface area (Å²) in [6.07, 6.45) is -0.884. The van der Waals surface area contributed by atoms with Crippen LogP contribution in [-0.4, -0.2) is 11.1 Å². The fourth-order valence-corrected chi connectivity index (χ4v) is 1.32. The number of pyridine rings is 1. The van der Waals surface area contributed by atoms with Crippen molar-refractivity contribution >= 4 is 22.7 Å². The largest absolute Gasteiger partial charge is 0.411 e. The van der Waals surface area contributed by atoms with Crippen molar-refractivity contribution in [3.63, 3.8) is 0 Å². The van der Waals surface area contributed by atoms with Gasteiger partial charge in [0.15, 0.2) is 0 Å². The third-order valence-electron chi connectivity index (χ3n) is 1.95. The first kappa shape index (κ1) is 9.26. The summed E-state index contributed by atoms with van der Waals surface area (Å²) in [4.78, 5) is 14.6. The minimum Gasteiger partial charge on any atom is -0.398 e. The molecular formula is C10H9N3O2. The number of rotatable bonds is 1. The molecule has 0 unspecified atom stereocenters. The Bertz CT molecular complexity index is 525. The van der Waals surface area contributed by atoms with Crippen LogP contribution in [0.5, 0.6) is 5.88 Å². The first-order chi connectivity index (χ1) is 7.16. The van der Waals surface area contributed by atoms with Gasteiger partial charge in [0, 0.05) is 17.1 Å². The molecule has 5 heteroatoms. The number of ether oxygens (including phenoxy) is 1. The molecule has 0 aliphatic heterocycles. The van der Waals surface area contributed by atoms with E-state index in [1.54, 1.807) is 30.3 Å². The molecule has 2 rings (SSSR count). The number of benzene rings is 1. The highest BCUT2D eigenvalue weighted by Crippen LogP contribution is 2.21. The Kier molecular flexibility index (Phi) is 2.13. The molecule has 76 valence electrons. The highest BCUT2D eigenvalue weighted by atomic mass is 16.6. The number of carbonyl (C=O) groups excluding carboxylic acids is 1. The zero-order chi connectivity index (χ0) is 10.8. The van der Waals surface area contributed by atoms with Crippen LogP contribution in [0.3, 0.4) is 0 Å². The number of hydrogen-bond donors (Lipinski definition) is 2. The van der Waals surface area contributed by atoms with E-state index in [1.807, 2.05) is 0 Å². The minimum atomic E-state index is -0.884. The maximum absolute atomic E-state index is 10.5. The summed E-state index contributed by atoms with van der Waals surface area (Å²) < 4.78 is 4.65. The number of nitrogens with zero attached hydrogens (tertiary/aromatic N) is 1. The molecule has 0 aliphatic carbocycles. The molecule has 1 aromatic heterocycles. The second-order valence-electron chi connectivity index (χ2n) is 2.98. The molecule has 2 aromatic rings. The van der Waals surface area contributed by atoms with E-state index in [0.717, 1.165) is 5.39 Å². The van der Waals surface area contributed by atoms with E-state index >= 15 is 0 Å². The summed E-state index contributed by atoms with van der Waals surface area (Å²) in [7, 11) is 0. The van der Waals surface area contributed by atoms with Crippen molar-refractivity contribution in [3.05, 3.63) is 30.3 Å². The first-order valence-electron chi connectivity index (χ1n) is 4.29. The van der Waals surface area contributed by atoms with Gasteiger partial charge in [-0.15, -0.1) is 0 Å². The van der Waals surface area contributed by atoms with Gasteiger partial charge in [-0.1, -0.05) is 6.07 Å². The molecule has 0 spiro atoms. The number of amides is 1. The number of aromatic nitrogens is 1. The summed E-state index contributed by atoms with van der Waals surface area (Å²) in [5.41, 5.74) is 11.9. The Morgan fingerprint density at radius 2 is 2.07 bits per heavy atom. The SMILES string of the molecule is NC(=O)Oc1ccc2c(N)cccc2n1. The van der Waals surface area contributed by atoms with Gasteiger partial charge in [-0.2, -0.15) is 0 Å². The zero-order valence-electron chi connectivity index (χ0n) is 7.81. The molecule has 0 fully saturated rings. The van der Waals surface area contributed by atoms with Crippen molar-refractivity contribution in [2.45, 2.75) is 0 Å². The van der Waals surface area contributed by atoms with Gasteiger partial charge >= 0.3 is 6.09 Å². The summed E-state index contributed by atoms with van der Waals surface area (Å²) >= 11 is 0. The first-order valence-corrected chi connectivity index (χ1v) is 4.29. The lowest BCUT2D eigenvalue weighted by molar-refractivity contribution is 0.209. The minimum absolute atomic E-state index is 0.167. The summed E-state index contributed by atoms with van der Waals surface area (Å²) in [5.74, 6) is 0.167. The number of nitrogen functional groups attached to an aromatic ring is 1. The number of nitrogens with two attached hydrogens (primary N) is 2. The van der Waals surface area contributed by atoms with Crippen LogP contribution in [-0.2, 0) is 0 Å². The molecule has 4 N–H and O–H groups in total. The lowest BCUT2D eigenvalue weighted by Gasteiger charge is -2.03. The average Bonchev–Trinajstić information content (AvgIpc) is 2.17. The molecule has 1 amide bonds. The van der Waals surface area contributed by atoms with E-state index in [9.17, 15) is 4.79 Å². The summed E-state index contributed by atoms with van der Waals surface area (Å²) in [6.45, 7) is 0. The van der Waals surface area contributed by atoms with Crippen LogP contribution < -0.4 is 16.2 Å². The van der Waals surface area contributed by atoms with Gasteiger partial charge in [-0.05, 0) is 18.2 Å². The molecule has 0 aliphatic rings. The molecule has 1 heterocycles. The van der Waals surface area contributed by atoms with Gasteiger partial charge in [0.25, 0.3) is 0 Å². The van der Waals surface area contributed by atoms with Gasteiger partial charge in [-0.3, -0.25) is 0 Å². The topological polar surface area (TPSA) is 91.2 Å². The van der Waals surface area contributed by atoms with Gasteiger partial charge in [0.2, 0.25) is 5.88 Å². The van der Waals surface area contributed by atoms with E-state index < -0.39 is 6.09 Å². The molecule has 0 atom stereocenters. The van der Waals surface area contributed by atoms with E-state index in [-0.39, 0.29) is 5.88 Å². The van der Waals surface area contributed by atoms with Crippen LogP contribution >= 0.6 is 0 Å². The predicted molar refractivity (Wildman–Crippen MR) is 56.4 cm³/mol. The Morgan fingerprint density at radius 3 is 2.80 bits per heavy atom. The molecule has 1 aromatic carbocycles. The average molecular weight is 203 g/mol. The van der Waals surface area contributed by atoms with Gasteiger partial charge < -0.3 is 16.2 Å². The molecule has 0 radical (unpaired) electrons. The Morgan fingerprint density at radius 1 is 1.27 bits per heavy atom. The van der Waals surface area contributed by atoms with Gasteiger partial charge in [-0.25, -0.2) is 9.78 Å². The number of carbonyl (C=O) groups is 1. The van der Waals surface area contributed by atoms with Gasteiger partial charge in [0.1, 0.15) is 0 Å². The number of fused-ring (bicyclic) bond motifs is 1. The number of primary amides is 1. The van der Waals surface area contributed by atoms with Crippen molar-refractivity contribution in [1.82, 2.24) is 4.98 Å². The van der Waals surface area contributed by atoms with E-state index in [0.29, 0.717) is 11.2 Å². The van der Waals surface area contributed by atoms with Crippen LogP contribution in [0.15, 0.2) is 30.3 Å². The Labute approximate surface area is 85.7 Å². The smallest absolute Gasteiger partial charge is 0.398 e. The Balaban J connectivity index is 2.52. The quantitative estimate of drug-likeness (QED) is 0.683. The fourth-order valence-electron chi connectivity index (χ4n) is 1.32. The summed E-state index contributed by atoms with van der Waals surface area (Å²) in [6, 6.07) is 8.61. The molecule has 0 saturated heterocycles. The molecular weight excluding hydrogens is 194 g/mol. The lowest BCUT2D eigenvalue weighted by atomic mass is 10.2. The van der Waals surface area contributed by atoms with Crippen molar-refractivity contribution in [2.24, 2.45) is 5.73 Å². The van der Waals surface area contributed by atoms with Crippen molar-refractivity contribution in [3.8, 4) is 5.88 Å². The van der Waals surface area contributed by atoms with E-state index in [1.165, 1.54) is 0 Å². The van der Waals surface area contributed by atoms with Gasteiger partial charge in [0.05, 0.1) is 5.52 Å². The lowest BCUT2D eigenvalue weighted by Crippen LogP contribution is -2.16. The van der Waals surface area contributed by atoms with E-state index in [2.05, 4.69) is 9.72 Å². The molecule has 5 nitrogen and oxygen atoms in total. The van der Waals surface area contributed by atoms with Crippen LogP contribution in [0.2, 0.25) is 0 Å². The maximum Gasteiger partial charge on any atom is 0.411 e. The number of anilines is 1. The van der Waals surface area contributed by atoms with Crippen LogP contribution in [0.4, 0.5) is 10.5 Å². The predicted octanol–water partition coefficient (Wildman–Crippen LogP) is 1.27. The molecule has 0 saturated carbocycles. The monoisotopic (exact) mass is 203 g/mol. The standard InChI is InChI=1S/C10H9N3O2/c11-7-2-1-3-8-6(7)4-5-9(13-8)15-10(12)14/h1-5H,11H2,(H2,12,14). The highest BCUT2D eigenvalue weighted by Gasteiger charge is 2.03. The molecule has 0 bridgehead atoms. The summed E-state index contributed by atoms with van der Waals surface area (Å²) in [5, 5.41) is 0.814. The number of hydrogen-bond acceptors (Lipinski definition) is 4. The normalized spacial score (nSPS) is 10.1. The second kappa shape index (κ2) is 3.45. The van der Waals surface area contributed by atoms with Crippen molar-refractivity contribution in [2.75, 3.05) is 5.73 Å². The zero-order valence-corrected chi connectivity index (χ0v) is 7.81. The third-order valence-corrected chi connectivity index (χ3v) is 1.95. The van der Waals surface area contributed by atoms with E-state index in [4.69, 9.17) is 11.5 Å².